The average molecular weight is 553 g/mol. The van der Waals surface area contributed by atoms with E-state index in [1.54, 1.807) is 24.0 Å². The maximum absolute atomic E-state index is 13.1. The van der Waals surface area contributed by atoms with Crippen LogP contribution in [0.4, 0.5) is 22.0 Å². The molecule has 3 atom stereocenters. The van der Waals surface area contributed by atoms with Crippen LogP contribution in [0.5, 0.6) is 0 Å². The number of carbonyl (C=O) groups is 2. The number of benzene rings is 2. The first kappa shape index (κ1) is 27.0. The van der Waals surface area contributed by atoms with E-state index in [4.69, 9.17) is 0 Å². The third-order valence-corrected chi connectivity index (χ3v) is 8.47. The highest BCUT2D eigenvalue weighted by Crippen LogP contribution is 2.37. The van der Waals surface area contributed by atoms with Crippen molar-refractivity contribution in [2.45, 2.75) is 57.3 Å². The zero-order valence-electron chi connectivity index (χ0n) is 23.5. The molecule has 2 fully saturated rings. The molecule has 0 spiro atoms. The Hall–Kier alpha value is -4.21. The van der Waals surface area contributed by atoms with Crippen molar-refractivity contribution < 1.29 is 14.7 Å². The van der Waals surface area contributed by atoms with E-state index in [9.17, 15) is 14.7 Å². The molecule has 6 rings (SSSR count). The molecule has 1 unspecified atom stereocenters. The zero-order chi connectivity index (χ0) is 28.5. The second-order valence-electron chi connectivity index (χ2n) is 11.0. The van der Waals surface area contributed by atoms with Crippen LogP contribution in [-0.2, 0) is 6.54 Å². The monoisotopic (exact) mass is 552 g/mol. The first-order valence-corrected chi connectivity index (χ1v) is 14.3. The number of nitrogens with zero attached hydrogens (tertiary/aromatic N) is 4. The predicted octanol–water partition coefficient (Wildman–Crippen LogP) is 5.12. The van der Waals surface area contributed by atoms with Gasteiger partial charge in [-0.15, -0.1) is 0 Å². The van der Waals surface area contributed by atoms with Crippen LogP contribution in [0.25, 0.3) is 10.9 Å². The van der Waals surface area contributed by atoms with Crippen LogP contribution >= 0.6 is 0 Å². The van der Waals surface area contributed by atoms with Gasteiger partial charge in [-0.1, -0.05) is 12.1 Å². The number of fused-ring (bicyclic) bond motifs is 3. The number of hydrogen-bond acceptors (Lipinski definition) is 6. The smallest absolute Gasteiger partial charge is 0.325 e. The molecular formula is C32H36N6O3. The minimum absolute atomic E-state index is 0.168. The Morgan fingerprint density at radius 2 is 1.73 bits per heavy atom. The Bertz CT molecular complexity index is 1550. The standard InChI is InChI=1S/C32H36N6O3/c1-3-36(24-10-11-29-23(16-24)13-15-37(29)32(41)33-2)27-12-14-34-30(19-27)35-31(40)22-6-4-21(5-7-22)20-38-25-8-9-26(38)18-28(39)17-25/h4-7,10-16,19,25-26,28,39H,3,8-9,17-18,20H2,1-2H3,(H,33,41)(H,34,35,40)/t25-,26?,28+/m1/s1. The summed E-state index contributed by atoms with van der Waals surface area (Å²) in [6.07, 6.45) is 7.32. The van der Waals surface area contributed by atoms with Crippen LogP contribution < -0.4 is 15.5 Å². The normalized spacial score (nSPS) is 20.2. The molecule has 2 aliphatic rings. The van der Waals surface area contributed by atoms with Crippen molar-refractivity contribution in [3.05, 3.63) is 84.2 Å². The molecule has 4 heterocycles. The van der Waals surface area contributed by atoms with Crippen molar-refractivity contribution >= 4 is 40.0 Å². The summed E-state index contributed by atoms with van der Waals surface area (Å²) in [4.78, 5) is 34.3. The summed E-state index contributed by atoms with van der Waals surface area (Å²) in [5, 5.41) is 16.6. The first-order chi connectivity index (χ1) is 19.9. The number of carbonyl (C=O) groups excluding carboxylic acids is 2. The molecule has 9 nitrogen and oxygen atoms in total. The van der Waals surface area contributed by atoms with Crippen molar-refractivity contribution in [2.75, 3.05) is 23.8 Å². The average Bonchev–Trinajstić information content (AvgIpc) is 3.50. The molecule has 0 radical (unpaired) electrons. The lowest BCUT2D eigenvalue weighted by atomic mass is 9.99. The number of aliphatic hydroxyl groups excluding tert-OH is 1. The molecule has 2 aliphatic heterocycles. The van der Waals surface area contributed by atoms with Crippen molar-refractivity contribution in [3.63, 3.8) is 0 Å². The maximum Gasteiger partial charge on any atom is 0.325 e. The second kappa shape index (κ2) is 11.3. The van der Waals surface area contributed by atoms with E-state index in [-0.39, 0.29) is 18.0 Å². The van der Waals surface area contributed by atoms with E-state index < -0.39 is 0 Å². The lowest BCUT2D eigenvalue weighted by molar-refractivity contribution is 0.0310. The summed E-state index contributed by atoms with van der Waals surface area (Å²) in [5.74, 6) is 0.271. The summed E-state index contributed by atoms with van der Waals surface area (Å²) in [5.41, 5.74) is 4.47. The van der Waals surface area contributed by atoms with Gasteiger partial charge in [-0.05, 0) is 80.6 Å². The van der Waals surface area contributed by atoms with Crippen molar-refractivity contribution in [1.29, 1.82) is 0 Å². The molecule has 2 amide bonds. The highest BCUT2D eigenvalue weighted by molar-refractivity contribution is 6.04. The van der Waals surface area contributed by atoms with Crippen molar-refractivity contribution in [1.82, 2.24) is 19.8 Å². The fraction of sp³-hybridized carbons (Fsp3) is 0.344. The minimum Gasteiger partial charge on any atom is -0.393 e. The summed E-state index contributed by atoms with van der Waals surface area (Å²) < 4.78 is 1.59. The number of piperidine rings is 1. The van der Waals surface area contributed by atoms with E-state index in [1.165, 1.54) is 5.56 Å². The molecule has 9 heteroatoms. The Balaban J connectivity index is 1.14. The number of aliphatic hydroxyl groups is 1. The number of pyridine rings is 1. The van der Waals surface area contributed by atoms with E-state index in [0.717, 1.165) is 54.5 Å². The summed E-state index contributed by atoms with van der Waals surface area (Å²) in [6, 6.07) is 20.2. The number of aromatic nitrogens is 2. The fourth-order valence-corrected chi connectivity index (χ4v) is 6.43. The van der Waals surface area contributed by atoms with Gasteiger partial charge in [0.15, 0.2) is 0 Å². The Morgan fingerprint density at radius 3 is 2.44 bits per heavy atom. The number of rotatable bonds is 7. The predicted molar refractivity (Wildman–Crippen MR) is 161 cm³/mol. The lowest BCUT2D eigenvalue weighted by Gasteiger charge is -2.37. The van der Waals surface area contributed by atoms with Gasteiger partial charge in [-0.3, -0.25) is 14.3 Å². The molecule has 2 aromatic heterocycles. The molecular weight excluding hydrogens is 516 g/mol. The first-order valence-electron chi connectivity index (χ1n) is 14.3. The van der Waals surface area contributed by atoms with Gasteiger partial charge in [0.05, 0.1) is 11.6 Å². The molecule has 212 valence electrons. The molecule has 4 aromatic rings. The third kappa shape index (κ3) is 5.42. The topological polar surface area (TPSA) is 103 Å². The fourth-order valence-electron chi connectivity index (χ4n) is 6.43. The highest BCUT2D eigenvalue weighted by Gasteiger charge is 2.39. The second-order valence-corrected chi connectivity index (χ2v) is 11.0. The Kier molecular flexibility index (Phi) is 7.47. The van der Waals surface area contributed by atoms with E-state index >= 15 is 0 Å². The molecule has 0 saturated carbocycles. The molecule has 2 bridgehead atoms. The van der Waals surface area contributed by atoms with Crippen LogP contribution in [0.15, 0.2) is 73.1 Å². The van der Waals surface area contributed by atoms with E-state index in [1.807, 2.05) is 54.6 Å². The number of amides is 2. The maximum atomic E-state index is 13.1. The van der Waals surface area contributed by atoms with E-state index in [2.05, 4.69) is 38.4 Å². The van der Waals surface area contributed by atoms with Crippen molar-refractivity contribution in [2.24, 2.45) is 0 Å². The third-order valence-electron chi connectivity index (χ3n) is 8.47. The van der Waals surface area contributed by atoms with Gasteiger partial charge in [-0.2, -0.15) is 0 Å². The van der Waals surface area contributed by atoms with Gasteiger partial charge >= 0.3 is 6.03 Å². The number of nitrogens with one attached hydrogen (secondary N) is 2. The quantitative estimate of drug-likeness (QED) is 0.294. The number of anilines is 3. The van der Waals surface area contributed by atoms with Crippen LogP contribution in [-0.4, -0.2) is 63.3 Å². The van der Waals surface area contributed by atoms with E-state index in [0.29, 0.717) is 30.0 Å². The molecule has 41 heavy (non-hydrogen) atoms. The minimum atomic E-state index is -0.206. The van der Waals surface area contributed by atoms with Crippen LogP contribution in [0, 0.1) is 0 Å². The summed E-state index contributed by atoms with van der Waals surface area (Å²) >= 11 is 0. The lowest BCUT2D eigenvalue weighted by Crippen LogP contribution is -2.44. The van der Waals surface area contributed by atoms with Gasteiger partial charge in [0.25, 0.3) is 5.91 Å². The summed E-state index contributed by atoms with van der Waals surface area (Å²) in [6.45, 7) is 3.62. The highest BCUT2D eigenvalue weighted by atomic mass is 16.3. The van der Waals surface area contributed by atoms with Gasteiger partial charge in [0, 0.05) is 73.0 Å². The largest absolute Gasteiger partial charge is 0.393 e. The Labute approximate surface area is 239 Å². The number of hydrogen-bond donors (Lipinski definition) is 3. The van der Waals surface area contributed by atoms with Crippen LogP contribution in [0.3, 0.4) is 0 Å². The van der Waals surface area contributed by atoms with Crippen molar-refractivity contribution in [3.8, 4) is 0 Å². The van der Waals surface area contributed by atoms with Gasteiger partial charge in [0.1, 0.15) is 5.82 Å². The van der Waals surface area contributed by atoms with Gasteiger partial charge < -0.3 is 20.6 Å². The summed E-state index contributed by atoms with van der Waals surface area (Å²) in [7, 11) is 1.61. The van der Waals surface area contributed by atoms with Crippen LogP contribution in [0.1, 0.15) is 48.5 Å². The molecule has 2 saturated heterocycles. The van der Waals surface area contributed by atoms with Gasteiger partial charge in [0.2, 0.25) is 0 Å². The van der Waals surface area contributed by atoms with Gasteiger partial charge in [-0.25, -0.2) is 9.78 Å². The Morgan fingerprint density at radius 1 is 1.00 bits per heavy atom. The molecule has 2 aromatic carbocycles. The molecule has 0 aliphatic carbocycles. The SMILES string of the molecule is CCN(c1ccnc(NC(=O)c2ccc(CN3C4CC[C@@H]3C[C@H](O)C4)cc2)c1)c1ccc2c(ccn2C(=O)NC)c1. The zero-order valence-corrected chi connectivity index (χ0v) is 23.5. The molecule has 3 N–H and O–H groups in total. The van der Waals surface area contributed by atoms with Crippen LogP contribution in [0.2, 0.25) is 0 Å².